The van der Waals surface area contributed by atoms with Crippen molar-refractivity contribution in [1.29, 1.82) is 0 Å². The second-order valence-electron chi connectivity index (χ2n) is 6.35. The number of nitrogens with one attached hydrogen (secondary N) is 1. The predicted molar refractivity (Wildman–Crippen MR) is 106 cm³/mol. The number of benzene rings is 1. The Morgan fingerprint density at radius 1 is 1.19 bits per heavy atom. The van der Waals surface area contributed by atoms with Crippen molar-refractivity contribution in [2.75, 3.05) is 23.3 Å². The molecule has 2 aromatic heterocycles. The number of aromatic nitrogens is 2. The van der Waals surface area contributed by atoms with Gasteiger partial charge in [-0.1, -0.05) is 30.3 Å². The van der Waals surface area contributed by atoms with E-state index in [-0.39, 0.29) is 16.4 Å². The summed E-state index contributed by atoms with van der Waals surface area (Å²) in [5.41, 5.74) is 2.42. The van der Waals surface area contributed by atoms with Gasteiger partial charge >= 0.3 is 5.69 Å². The molecule has 3 heterocycles. The highest BCUT2D eigenvalue weighted by atomic mass is 32.1. The van der Waals surface area contributed by atoms with Gasteiger partial charge in [0.15, 0.2) is 0 Å². The first-order valence-electron chi connectivity index (χ1n) is 8.80. The van der Waals surface area contributed by atoms with Crippen LogP contribution in [0, 0.1) is 10.1 Å². The van der Waals surface area contributed by atoms with Gasteiger partial charge in [-0.3, -0.25) is 10.1 Å². The maximum absolute atomic E-state index is 11.8. The van der Waals surface area contributed by atoms with Crippen molar-refractivity contribution in [3.63, 3.8) is 0 Å². The predicted octanol–water partition coefficient (Wildman–Crippen LogP) is 3.66. The molecule has 0 atom stereocenters. The molecule has 8 heteroatoms. The standard InChI is InChI=1S/C19H19N5O2S/c25-24(26)17-18(20-9-7-16-6-3-11-27-16)21-13-22-19(17)23-10-8-14-4-1-2-5-15(14)12-23/h1-6,11,13H,7-10,12H2,(H,20,21,22). The highest BCUT2D eigenvalue weighted by Gasteiger charge is 2.28. The Morgan fingerprint density at radius 2 is 2.04 bits per heavy atom. The molecule has 0 saturated heterocycles. The van der Waals surface area contributed by atoms with Crippen LogP contribution in [0.5, 0.6) is 0 Å². The third kappa shape index (κ3) is 3.75. The van der Waals surface area contributed by atoms with Gasteiger partial charge in [0, 0.05) is 24.5 Å². The zero-order chi connectivity index (χ0) is 18.6. The summed E-state index contributed by atoms with van der Waals surface area (Å²) in [5.74, 6) is 0.656. The van der Waals surface area contributed by atoms with Gasteiger partial charge in [-0.2, -0.15) is 0 Å². The van der Waals surface area contributed by atoms with E-state index in [0.29, 0.717) is 25.5 Å². The molecule has 1 N–H and O–H groups in total. The van der Waals surface area contributed by atoms with E-state index in [9.17, 15) is 10.1 Å². The fourth-order valence-corrected chi connectivity index (χ4v) is 4.04. The van der Waals surface area contributed by atoms with Crippen LogP contribution in [0.1, 0.15) is 16.0 Å². The summed E-state index contributed by atoms with van der Waals surface area (Å²) in [6.45, 7) is 1.90. The molecule has 27 heavy (non-hydrogen) atoms. The molecule has 0 bridgehead atoms. The molecule has 138 valence electrons. The molecule has 4 rings (SSSR count). The largest absolute Gasteiger partial charge is 0.364 e. The number of nitrogens with zero attached hydrogens (tertiary/aromatic N) is 4. The monoisotopic (exact) mass is 381 g/mol. The SMILES string of the molecule is O=[N+]([O-])c1c(NCCc2cccs2)ncnc1N1CCc2ccccc2C1. The lowest BCUT2D eigenvalue weighted by molar-refractivity contribution is -0.383. The van der Waals surface area contributed by atoms with E-state index in [4.69, 9.17) is 0 Å². The second kappa shape index (κ2) is 7.71. The Hall–Kier alpha value is -3.00. The first-order valence-corrected chi connectivity index (χ1v) is 9.67. The van der Waals surface area contributed by atoms with E-state index >= 15 is 0 Å². The van der Waals surface area contributed by atoms with Crippen LogP contribution in [-0.2, 0) is 19.4 Å². The van der Waals surface area contributed by atoms with Crippen molar-refractivity contribution in [2.24, 2.45) is 0 Å². The Balaban J connectivity index is 1.57. The van der Waals surface area contributed by atoms with Gasteiger partial charge in [-0.05, 0) is 35.4 Å². The number of hydrogen-bond acceptors (Lipinski definition) is 7. The molecule has 7 nitrogen and oxygen atoms in total. The first-order chi connectivity index (χ1) is 13.2. The number of anilines is 2. The van der Waals surface area contributed by atoms with Crippen LogP contribution < -0.4 is 10.2 Å². The van der Waals surface area contributed by atoms with Crippen LogP contribution in [-0.4, -0.2) is 28.0 Å². The van der Waals surface area contributed by atoms with Crippen molar-refractivity contribution in [2.45, 2.75) is 19.4 Å². The summed E-state index contributed by atoms with van der Waals surface area (Å²) < 4.78 is 0. The normalized spacial score (nSPS) is 13.3. The van der Waals surface area contributed by atoms with E-state index in [1.54, 1.807) is 11.3 Å². The minimum Gasteiger partial charge on any atom is -0.364 e. The molecule has 0 amide bonds. The van der Waals surface area contributed by atoms with E-state index in [2.05, 4.69) is 33.5 Å². The Bertz CT molecular complexity index is 945. The fraction of sp³-hybridized carbons (Fsp3) is 0.263. The quantitative estimate of drug-likeness (QED) is 0.518. The van der Waals surface area contributed by atoms with E-state index in [1.165, 1.54) is 22.3 Å². The van der Waals surface area contributed by atoms with Gasteiger partial charge in [0.1, 0.15) is 6.33 Å². The van der Waals surface area contributed by atoms with Gasteiger partial charge in [-0.15, -0.1) is 11.3 Å². The van der Waals surface area contributed by atoms with Crippen LogP contribution in [0.2, 0.25) is 0 Å². The van der Waals surface area contributed by atoms with Crippen LogP contribution in [0.25, 0.3) is 0 Å². The molecule has 0 saturated carbocycles. The van der Waals surface area contributed by atoms with Crippen molar-refractivity contribution in [3.8, 4) is 0 Å². The Morgan fingerprint density at radius 3 is 2.81 bits per heavy atom. The number of thiophene rings is 1. The lowest BCUT2D eigenvalue weighted by Gasteiger charge is -2.29. The Labute approximate surface area is 160 Å². The fourth-order valence-electron chi connectivity index (χ4n) is 3.33. The lowest BCUT2D eigenvalue weighted by atomic mass is 10.00. The number of rotatable bonds is 6. The van der Waals surface area contributed by atoms with Crippen LogP contribution in [0.15, 0.2) is 48.1 Å². The second-order valence-corrected chi connectivity index (χ2v) is 7.38. The third-order valence-electron chi connectivity index (χ3n) is 4.66. The molecule has 0 aliphatic carbocycles. The minimum absolute atomic E-state index is 0.0527. The van der Waals surface area contributed by atoms with Crippen molar-refractivity contribution >= 4 is 28.7 Å². The van der Waals surface area contributed by atoms with Gasteiger partial charge in [-0.25, -0.2) is 9.97 Å². The maximum Gasteiger partial charge on any atom is 0.353 e. The summed E-state index contributed by atoms with van der Waals surface area (Å²) in [6, 6.07) is 12.2. The van der Waals surface area contributed by atoms with Gasteiger partial charge in [0.05, 0.1) is 4.92 Å². The highest BCUT2D eigenvalue weighted by Crippen LogP contribution is 2.34. The summed E-state index contributed by atoms with van der Waals surface area (Å²) in [7, 11) is 0. The molecule has 0 radical (unpaired) electrons. The molecule has 1 aliphatic heterocycles. The van der Waals surface area contributed by atoms with E-state index in [0.717, 1.165) is 12.8 Å². The molecular weight excluding hydrogens is 362 g/mol. The van der Waals surface area contributed by atoms with Gasteiger partial charge in [0.25, 0.3) is 0 Å². The molecule has 1 aromatic carbocycles. The van der Waals surface area contributed by atoms with Crippen LogP contribution >= 0.6 is 11.3 Å². The molecular formula is C19H19N5O2S. The Kier molecular flexibility index (Phi) is 4.97. The molecule has 0 unspecified atom stereocenters. The highest BCUT2D eigenvalue weighted by molar-refractivity contribution is 7.09. The lowest BCUT2D eigenvalue weighted by Crippen LogP contribution is -2.31. The van der Waals surface area contributed by atoms with Crippen molar-refractivity contribution in [1.82, 2.24) is 9.97 Å². The van der Waals surface area contributed by atoms with Crippen molar-refractivity contribution < 1.29 is 4.92 Å². The zero-order valence-corrected chi connectivity index (χ0v) is 15.5. The minimum atomic E-state index is -0.386. The smallest absolute Gasteiger partial charge is 0.353 e. The van der Waals surface area contributed by atoms with Gasteiger partial charge in [0.2, 0.25) is 11.6 Å². The van der Waals surface area contributed by atoms with Gasteiger partial charge < -0.3 is 10.2 Å². The number of fused-ring (bicyclic) bond motifs is 1. The summed E-state index contributed by atoms with van der Waals surface area (Å²) >= 11 is 1.67. The summed E-state index contributed by atoms with van der Waals surface area (Å²) in [5, 5.41) is 16.9. The van der Waals surface area contributed by atoms with Crippen LogP contribution in [0.3, 0.4) is 0 Å². The average Bonchev–Trinajstić information content (AvgIpc) is 3.21. The molecule has 3 aromatic rings. The molecule has 0 fully saturated rings. The number of hydrogen-bond donors (Lipinski definition) is 1. The van der Waals surface area contributed by atoms with E-state index < -0.39 is 0 Å². The van der Waals surface area contributed by atoms with E-state index in [1.807, 2.05) is 28.5 Å². The molecule has 0 spiro atoms. The maximum atomic E-state index is 11.8. The average molecular weight is 381 g/mol. The number of nitro groups is 1. The summed E-state index contributed by atoms with van der Waals surface area (Å²) in [4.78, 5) is 23.0. The zero-order valence-electron chi connectivity index (χ0n) is 14.7. The third-order valence-corrected chi connectivity index (χ3v) is 5.60. The first kappa shape index (κ1) is 17.4. The van der Waals surface area contributed by atoms with Crippen molar-refractivity contribution in [3.05, 3.63) is 74.2 Å². The van der Waals surface area contributed by atoms with Crippen LogP contribution in [0.4, 0.5) is 17.3 Å². The summed E-state index contributed by atoms with van der Waals surface area (Å²) in [6.07, 6.45) is 3.04. The molecule has 1 aliphatic rings. The topological polar surface area (TPSA) is 84.2 Å².